The summed E-state index contributed by atoms with van der Waals surface area (Å²) in [4.78, 5) is 32.0. The van der Waals surface area contributed by atoms with Crippen LogP contribution in [0.4, 0.5) is 5.95 Å². The van der Waals surface area contributed by atoms with Crippen LogP contribution in [0.25, 0.3) is 33.5 Å². The Labute approximate surface area is 230 Å². The second-order valence-corrected chi connectivity index (χ2v) is 10.5. The molecule has 39 heavy (non-hydrogen) atoms. The van der Waals surface area contributed by atoms with Crippen molar-refractivity contribution in [3.8, 4) is 22.5 Å². The van der Waals surface area contributed by atoms with Crippen LogP contribution in [-0.4, -0.2) is 86.6 Å². The maximum Gasteiger partial charge on any atom is 0.260 e. The Balaban J connectivity index is 1.30. The molecule has 2 aliphatic heterocycles. The van der Waals surface area contributed by atoms with Crippen LogP contribution >= 0.6 is 11.6 Å². The third-order valence-corrected chi connectivity index (χ3v) is 7.77. The third-order valence-electron chi connectivity index (χ3n) is 7.46. The van der Waals surface area contributed by atoms with Gasteiger partial charge in [0.15, 0.2) is 0 Å². The van der Waals surface area contributed by atoms with Crippen LogP contribution in [0.1, 0.15) is 19.2 Å². The van der Waals surface area contributed by atoms with E-state index in [-0.39, 0.29) is 17.8 Å². The zero-order valence-corrected chi connectivity index (χ0v) is 23.0. The summed E-state index contributed by atoms with van der Waals surface area (Å²) < 4.78 is 12.8. The lowest BCUT2D eigenvalue weighted by Crippen LogP contribution is -2.53. The van der Waals surface area contributed by atoms with Crippen molar-refractivity contribution in [2.45, 2.75) is 39.1 Å². The van der Waals surface area contributed by atoms with E-state index in [1.807, 2.05) is 13.0 Å². The van der Waals surface area contributed by atoms with Gasteiger partial charge in [0.1, 0.15) is 11.9 Å². The number of nitrogens with zero attached hydrogens (tertiary/aromatic N) is 7. The van der Waals surface area contributed by atoms with E-state index < -0.39 is 0 Å². The second-order valence-electron chi connectivity index (χ2n) is 10.1. The summed E-state index contributed by atoms with van der Waals surface area (Å²) in [7, 11) is 2.14. The molecule has 2 atom stereocenters. The number of ether oxygens (including phenoxy) is 1. The summed E-state index contributed by atoms with van der Waals surface area (Å²) in [5.41, 5.74) is 2.22. The minimum atomic E-state index is -0.167. The SMILES string of the molecule is CCn1c(=O)c(-c2ccc(-c3noc(C)n3)cc2Cl)cc2cnc(NC3CCO[C@@H]3N3CCN(C)CC3)nc21. The Hall–Kier alpha value is -3.38. The fourth-order valence-corrected chi connectivity index (χ4v) is 5.61. The lowest BCUT2D eigenvalue weighted by molar-refractivity contribution is -0.0428. The van der Waals surface area contributed by atoms with Crippen molar-refractivity contribution in [3.63, 3.8) is 0 Å². The fraction of sp³-hybridized carbons (Fsp3) is 0.444. The van der Waals surface area contributed by atoms with E-state index in [2.05, 4.69) is 37.3 Å². The van der Waals surface area contributed by atoms with Gasteiger partial charge in [-0.05, 0) is 32.5 Å². The van der Waals surface area contributed by atoms with Crippen LogP contribution in [0.2, 0.25) is 5.02 Å². The Kier molecular flexibility index (Phi) is 7.06. The first-order valence-corrected chi connectivity index (χ1v) is 13.6. The number of hydrogen-bond donors (Lipinski definition) is 1. The molecule has 0 radical (unpaired) electrons. The highest BCUT2D eigenvalue weighted by Gasteiger charge is 2.35. The lowest BCUT2D eigenvalue weighted by Gasteiger charge is -2.38. The zero-order chi connectivity index (χ0) is 27.1. The van der Waals surface area contributed by atoms with Crippen LogP contribution < -0.4 is 10.9 Å². The van der Waals surface area contributed by atoms with Crippen molar-refractivity contribution in [2.24, 2.45) is 0 Å². The molecule has 0 spiro atoms. The van der Waals surface area contributed by atoms with E-state index in [9.17, 15) is 4.79 Å². The maximum atomic E-state index is 13.6. The van der Waals surface area contributed by atoms with Crippen LogP contribution in [0.3, 0.4) is 0 Å². The summed E-state index contributed by atoms with van der Waals surface area (Å²) in [6, 6.07) is 7.26. The van der Waals surface area contributed by atoms with Crippen molar-refractivity contribution in [1.29, 1.82) is 0 Å². The molecule has 204 valence electrons. The maximum absolute atomic E-state index is 13.6. The number of benzene rings is 1. The minimum absolute atomic E-state index is 0.0183. The van der Waals surface area contributed by atoms with Crippen molar-refractivity contribution >= 4 is 28.6 Å². The van der Waals surface area contributed by atoms with Crippen LogP contribution in [-0.2, 0) is 11.3 Å². The Morgan fingerprint density at radius 3 is 2.67 bits per heavy atom. The number of piperazine rings is 1. The molecule has 11 nitrogen and oxygen atoms in total. The standard InChI is InChI=1S/C27H31ClN8O3/c1-4-36-24-18(13-20(25(36)37)19-6-5-17(14-21(19)28)23-30-16(2)39-33-23)15-29-27(32-24)31-22-7-12-38-26(22)35-10-8-34(3)9-11-35/h5-6,13-15,22,26H,4,7-12H2,1-3H3,(H,29,31,32)/t22?,26-/m0/s1. The summed E-state index contributed by atoms with van der Waals surface area (Å²) in [5, 5.41) is 8.61. The molecule has 2 saturated heterocycles. The molecular formula is C27H31ClN8O3. The Morgan fingerprint density at radius 1 is 1.13 bits per heavy atom. The summed E-state index contributed by atoms with van der Waals surface area (Å²) >= 11 is 6.65. The first-order valence-electron chi connectivity index (χ1n) is 13.2. The average molecular weight is 551 g/mol. The quantitative estimate of drug-likeness (QED) is 0.383. The molecule has 0 aliphatic carbocycles. The number of fused-ring (bicyclic) bond motifs is 1. The Bertz CT molecular complexity index is 1560. The molecule has 6 rings (SSSR count). The normalized spacial score (nSPS) is 20.6. The molecule has 1 aromatic carbocycles. The highest BCUT2D eigenvalue weighted by Crippen LogP contribution is 2.31. The summed E-state index contributed by atoms with van der Waals surface area (Å²) in [6.07, 6.45) is 2.61. The number of halogens is 1. The Morgan fingerprint density at radius 2 is 1.95 bits per heavy atom. The summed E-state index contributed by atoms with van der Waals surface area (Å²) in [5.74, 6) is 1.40. The molecule has 2 aliphatic rings. The van der Waals surface area contributed by atoms with Crippen molar-refractivity contribution < 1.29 is 9.26 Å². The largest absolute Gasteiger partial charge is 0.361 e. The van der Waals surface area contributed by atoms with Crippen LogP contribution in [0.5, 0.6) is 0 Å². The van der Waals surface area contributed by atoms with E-state index >= 15 is 0 Å². The topological polar surface area (TPSA) is 114 Å². The van der Waals surface area contributed by atoms with Gasteiger partial charge in [-0.1, -0.05) is 28.9 Å². The number of likely N-dealkylation sites (N-methyl/N-ethyl adjacent to an activating group) is 1. The van der Waals surface area contributed by atoms with E-state index in [1.54, 1.807) is 35.9 Å². The predicted molar refractivity (Wildman–Crippen MR) is 149 cm³/mol. The number of aryl methyl sites for hydroxylation is 2. The first kappa shape index (κ1) is 25.9. The molecule has 1 unspecified atom stereocenters. The summed E-state index contributed by atoms with van der Waals surface area (Å²) in [6.45, 7) is 8.78. The number of pyridine rings is 1. The van der Waals surface area contributed by atoms with Gasteiger partial charge in [0.2, 0.25) is 17.7 Å². The average Bonchev–Trinajstić information content (AvgIpc) is 3.58. The van der Waals surface area contributed by atoms with E-state index in [4.69, 9.17) is 25.8 Å². The van der Waals surface area contributed by atoms with E-state index in [1.165, 1.54) is 0 Å². The van der Waals surface area contributed by atoms with Gasteiger partial charge in [-0.2, -0.15) is 9.97 Å². The zero-order valence-electron chi connectivity index (χ0n) is 22.2. The molecule has 0 bridgehead atoms. The van der Waals surface area contributed by atoms with E-state index in [0.29, 0.717) is 58.2 Å². The fourth-order valence-electron chi connectivity index (χ4n) is 5.32. The van der Waals surface area contributed by atoms with E-state index in [0.717, 1.165) is 38.0 Å². The number of rotatable bonds is 6. The second kappa shape index (κ2) is 10.6. The van der Waals surface area contributed by atoms with Gasteiger partial charge >= 0.3 is 0 Å². The number of anilines is 1. The first-order chi connectivity index (χ1) is 18.9. The molecule has 1 N–H and O–H groups in total. The van der Waals surface area contributed by atoms with Crippen molar-refractivity contribution in [2.75, 3.05) is 45.2 Å². The van der Waals surface area contributed by atoms with Crippen molar-refractivity contribution in [3.05, 3.63) is 51.7 Å². The molecule has 12 heteroatoms. The molecule has 0 amide bonds. The van der Waals surface area contributed by atoms with Gasteiger partial charge in [0.05, 0.1) is 12.6 Å². The molecule has 2 fully saturated rings. The molecule has 0 saturated carbocycles. The van der Waals surface area contributed by atoms with Crippen LogP contribution in [0, 0.1) is 6.92 Å². The van der Waals surface area contributed by atoms with Gasteiger partial charge in [-0.25, -0.2) is 4.98 Å². The van der Waals surface area contributed by atoms with Gasteiger partial charge < -0.3 is 19.5 Å². The number of nitrogens with one attached hydrogen (secondary N) is 1. The molecular weight excluding hydrogens is 520 g/mol. The molecule has 5 heterocycles. The number of aromatic nitrogens is 5. The van der Waals surface area contributed by atoms with Crippen LogP contribution in [0.15, 0.2) is 39.8 Å². The van der Waals surface area contributed by atoms with Crippen molar-refractivity contribution in [1.82, 2.24) is 34.5 Å². The smallest absolute Gasteiger partial charge is 0.260 e. The molecule has 3 aromatic heterocycles. The van der Waals surface area contributed by atoms with Gasteiger partial charge in [-0.15, -0.1) is 0 Å². The monoisotopic (exact) mass is 550 g/mol. The van der Waals surface area contributed by atoms with Gasteiger partial charge in [-0.3, -0.25) is 14.3 Å². The predicted octanol–water partition coefficient (Wildman–Crippen LogP) is 3.26. The third kappa shape index (κ3) is 5.03. The highest BCUT2D eigenvalue weighted by atomic mass is 35.5. The number of hydrogen-bond acceptors (Lipinski definition) is 10. The van der Waals surface area contributed by atoms with Gasteiger partial charge in [0.25, 0.3) is 5.56 Å². The highest BCUT2D eigenvalue weighted by molar-refractivity contribution is 6.33. The molecule has 4 aromatic rings. The lowest BCUT2D eigenvalue weighted by atomic mass is 10.0. The van der Waals surface area contributed by atoms with Gasteiger partial charge in [0, 0.05) is 72.9 Å². The minimum Gasteiger partial charge on any atom is -0.361 e.